The largest absolute Gasteiger partial charge is 0.380 e. The first kappa shape index (κ1) is 19.4. The number of nitrogens with one attached hydrogen (secondary N) is 1. The summed E-state index contributed by atoms with van der Waals surface area (Å²) in [5.74, 6) is -0.439. The first-order chi connectivity index (χ1) is 13.5. The van der Waals surface area contributed by atoms with E-state index in [1.54, 1.807) is 50.8 Å². The monoisotopic (exact) mass is 378 g/mol. The molecule has 0 saturated heterocycles. The molecule has 0 aliphatic heterocycles. The van der Waals surface area contributed by atoms with Crippen molar-refractivity contribution >= 4 is 11.6 Å². The van der Waals surface area contributed by atoms with Crippen LogP contribution < -0.4 is 10.9 Å². The molecule has 0 aliphatic carbocycles. The van der Waals surface area contributed by atoms with Gasteiger partial charge in [-0.3, -0.25) is 19.6 Å². The summed E-state index contributed by atoms with van der Waals surface area (Å²) in [5.41, 5.74) is 3.43. The van der Waals surface area contributed by atoms with Crippen LogP contribution in [0.25, 0.3) is 0 Å². The lowest BCUT2D eigenvalue weighted by molar-refractivity contribution is 0.102. The van der Waals surface area contributed by atoms with Crippen LogP contribution in [0.2, 0.25) is 0 Å². The van der Waals surface area contributed by atoms with Crippen molar-refractivity contribution in [3.63, 3.8) is 0 Å². The molecule has 1 aromatic carbocycles. The highest BCUT2D eigenvalue weighted by molar-refractivity contribution is 6.05. The summed E-state index contributed by atoms with van der Waals surface area (Å²) in [6.07, 6.45) is 4.94. The van der Waals surface area contributed by atoms with E-state index >= 15 is 0 Å². The predicted octanol–water partition coefficient (Wildman–Crippen LogP) is 2.70. The van der Waals surface area contributed by atoms with E-state index in [2.05, 4.69) is 15.3 Å². The number of hydrogen-bond acceptors (Lipinski definition) is 5. The topological polar surface area (TPSA) is 86.1 Å². The third-order valence-corrected chi connectivity index (χ3v) is 4.29. The van der Waals surface area contributed by atoms with Crippen LogP contribution in [0, 0.1) is 13.8 Å². The summed E-state index contributed by atoms with van der Waals surface area (Å²) in [5, 5.41) is 2.79. The van der Waals surface area contributed by atoms with Gasteiger partial charge in [-0.1, -0.05) is 12.1 Å². The van der Waals surface area contributed by atoms with E-state index in [1.807, 2.05) is 19.1 Å². The van der Waals surface area contributed by atoms with E-state index in [0.717, 1.165) is 11.3 Å². The normalized spacial score (nSPS) is 10.7. The number of benzene rings is 1. The lowest BCUT2D eigenvalue weighted by Crippen LogP contribution is -2.30. The maximum Gasteiger partial charge on any atom is 0.264 e. The SMILES string of the molecule is COCc1ccc(NC(=O)c2c(C)ccn(Cc3cnc(C)cn3)c2=O)cc1. The van der Waals surface area contributed by atoms with Gasteiger partial charge in [-0.2, -0.15) is 0 Å². The Labute approximate surface area is 163 Å². The van der Waals surface area contributed by atoms with Crippen LogP contribution in [0.3, 0.4) is 0 Å². The van der Waals surface area contributed by atoms with Gasteiger partial charge in [0.05, 0.1) is 30.7 Å². The standard InChI is InChI=1S/C21H22N4O3/c1-14-8-9-25(12-18-11-22-15(2)10-23-18)21(27)19(14)20(26)24-17-6-4-16(5-7-17)13-28-3/h4-11H,12-13H2,1-3H3,(H,24,26). The molecule has 0 unspecified atom stereocenters. The van der Waals surface area contributed by atoms with Crippen LogP contribution in [0.5, 0.6) is 0 Å². The van der Waals surface area contributed by atoms with Gasteiger partial charge in [0.1, 0.15) is 5.56 Å². The molecule has 1 N–H and O–H groups in total. The minimum absolute atomic E-state index is 0.114. The van der Waals surface area contributed by atoms with Crippen molar-refractivity contribution in [2.45, 2.75) is 27.0 Å². The van der Waals surface area contributed by atoms with Gasteiger partial charge in [0.15, 0.2) is 0 Å². The number of methoxy groups -OCH3 is 1. The highest BCUT2D eigenvalue weighted by atomic mass is 16.5. The van der Waals surface area contributed by atoms with E-state index in [1.165, 1.54) is 4.57 Å². The van der Waals surface area contributed by atoms with Gasteiger partial charge in [0.2, 0.25) is 0 Å². The predicted molar refractivity (Wildman–Crippen MR) is 106 cm³/mol. The Hall–Kier alpha value is -3.32. The maximum absolute atomic E-state index is 12.9. The summed E-state index contributed by atoms with van der Waals surface area (Å²) in [6, 6.07) is 9.05. The fourth-order valence-electron chi connectivity index (χ4n) is 2.79. The van der Waals surface area contributed by atoms with Gasteiger partial charge in [0, 0.05) is 25.2 Å². The zero-order valence-electron chi connectivity index (χ0n) is 16.1. The van der Waals surface area contributed by atoms with E-state index in [-0.39, 0.29) is 17.7 Å². The molecule has 0 spiro atoms. The number of ether oxygens (including phenoxy) is 1. The van der Waals surface area contributed by atoms with Crippen molar-refractivity contribution in [1.82, 2.24) is 14.5 Å². The Morgan fingerprint density at radius 2 is 1.86 bits per heavy atom. The van der Waals surface area contributed by atoms with Crippen molar-refractivity contribution in [3.05, 3.63) is 87.4 Å². The molecule has 0 saturated carbocycles. The minimum atomic E-state index is -0.439. The van der Waals surface area contributed by atoms with Crippen molar-refractivity contribution in [2.75, 3.05) is 12.4 Å². The molecule has 144 valence electrons. The van der Waals surface area contributed by atoms with Crippen LogP contribution in [-0.4, -0.2) is 27.6 Å². The van der Waals surface area contributed by atoms with Crippen LogP contribution in [-0.2, 0) is 17.9 Å². The number of rotatable bonds is 6. The number of hydrogen-bond donors (Lipinski definition) is 1. The Kier molecular flexibility index (Phi) is 5.96. The highest BCUT2D eigenvalue weighted by Crippen LogP contribution is 2.12. The fourth-order valence-corrected chi connectivity index (χ4v) is 2.79. The summed E-state index contributed by atoms with van der Waals surface area (Å²) in [6.45, 7) is 4.34. The van der Waals surface area contributed by atoms with Gasteiger partial charge in [-0.25, -0.2) is 0 Å². The molecule has 1 amide bonds. The van der Waals surface area contributed by atoms with Crippen molar-refractivity contribution < 1.29 is 9.53 Å². The van der Waals surface area contributed by atoms with Crippen molar-refractivity contribution in [3.8, 4) is 0 Å². The van der Waals surface area contributed by atoms with Gasteiger partial charge < -0.3 is 14.6 Å². The highest BCUT2D eigenvalue weighted by Gasteiger charge is 2.16. The average Bonchev–Trinajstić information content (AvgIpc) is 2.67. The second kappa shape index (κ2) is 8.58. The molecular weight excluding hydrogens is 356 g/mol. The van der Waals surface area contributed by atoms with Gasteiger partial charge in [-0.05, 0) is 43.2 Å². The molecule has 2 aromatic heterocycles. The second-order valence-corrected chi connectivity index (χ2v) is 6.54. The molecule has 0 aliphatic rings. The van der Waals surface area contributed by atoms with Crippen LogP contribution >= 0.6 is 0 Å². The van der Waals surface area contributed by atoms with Gasteiger partial charge >= 0.3 is 0 Å². The first-order valence-electron chi connectivity index (χ1n) is 8.84. The number of amides is 1. The number of anilines is 1. The lowest BCUT2D eigenvalue weighted by atomic mass is 10.1. The van der Waals surface area contributed by atoms with E-state index in [9.17, 15) is 9.59 Å². The minimum Gasteiger partial charge on any atom is -0.380 e. The molecule has 0 atom stereocenters. The van der Waals surface area contributed by atoms with E-state index in [4.69, 9.17) is 4.74 Å². The molecule has 2 heterocycles. The zero-order chi connectivity index (χ0) is 20.1. The Bertz CT molecular complexity index is 1030. The number of nitrogens with zero attached hydrogens (tertiary/aromatic N) is 3. The summed E-state index contributed by atoms with van der Waals surface area (Å²) >= 11 is 0. The lowest BCUT2D eigenvalue weighted by Gasteiger charge is -2.11. The quantitative estimate of drug-likeness (QED) is 0.713. The van der Waals surface area contributed by atoms with Crippen molar-refractivity contribution in [1.29, 1.82) is 0 Å². The maximum atomic E-state index is 12.9. The summed E-state index contributed by atoms with van der Waals surface area (Å²) < 4.78 is 6.54. The van der Waals surface area contributed by atoms with Gasteiger partial charge in [-0.15, -0.1) is 0 Å². The molecule has 7 heteroatoms. The van der Waals surface area contributed by atoms with Crippen LogP contribution in [0.15, 0.2) is 53.7 Å². The van der Waals surface area contributed by atoms with Crippen molar-refractivity contribution in [2.24, 2.45) is 0 Å². The smallest absolute Gasteiger partial charge is 0.264 e. The molecule has 7 nitrogen and oxygen atoms in total. The second-order valence-electron chi connectivity index (χ2n) is 6.54. The molecule has 0 fully saturated rings. The van der Waals surface area contributed by atoms with E-state index < -0.39 is 5.91 Å². The molecule has 3 rings (SSSR count). The van der Waals surface area contributed by atoms with Crippen LogP contribution in [0.1, 0.15) is 32.9 Å². The number of carbonyl (C=O) groups is 1. The number of pyridine rings is 1. The average molecular weight is 378 g/mol. The van der Waals surface area contributed by atoms with Gasteiger partial charge in [0.25, 0.3) is 11.5 Å². The number of carbonyl (C=O) groups excluding carboxylic acids is 1. The Morgan fingerprint density at radius 3 is 2.50 bits per heavy atom. The first-order valence-corrected chi connectivity index (χ1v) is 8.84. The molecular formula is C21H22N4O3. The number of aromatic nitrogens is 3. The van der Waals surface area contributed by atoms with Crippen LogP contribution in [0.4, 0.5) is 5.69 Å². The molecule has 0 bridgehead atoms. The molecule has 0 radical (unpaired) electrons. The zero-order valence-corrected chi connectivity index (χ0v) is 16.1. The fraction of sp³-hybridized carbons (Fsp3) is 0.238. The molecule has 3 aromatic rings. The third-order valence-electron chi connectivity index (χ3n) is 4.29. The number of aryl methyl sites for hydroxylation is 2. The van der Waals surface area contributed by atoms with E-state index in [0.29, 0.717) is 23.6 Å². The Balaban J connectivity index is 1.83. The summed E-state index contributed by atoms with van der Waals surface area (Å²) in [7, 11) is 1.63. The molecule has 28 heavy (non-hydrogen) atoms. The third kappa shape index (κ3) is 4.50. The Morgan fingerprint density at radius 1 is 1.11 bits per heavy atom. The summed E-state index contributed by atoms with van der Waals surface area (Å²) in [4.78, 5) is 34.1.